The maximum atomic E-state index is 13.7. The highest BCUT2D eigenvalue weighted by molar-refractivity contribution is 5.97. The fourth-order valence-electron chi connectivity index (χ4n) is 5.39. The third-order valence-corrected chi connectivity index (χ3v) is 7.57. The summed E-state index contributed by atoms with van der Waals surface area (Å²) < 4.78 is 9.29. The number of ether oxygens (including phenoxy) is 1. The van der Waals surface area contributed by atoms with E-state index in [4.69, 9.17) is 24.7 Å². The van der Waals surface area contributed by atoms with Crippen molar-refractivity contribution in [3.8, 4) is 5.95 Å². The van der Waals surface area contributed by atoms with Gasteiger partial charge >= 0.3 is 0 Å². The minimum absolute atomic E-state index is 0.235. The van der Waals surface area contributed by atoms with E-state index in [1.165, 1.54) is 6.92 Å². The number of morpholine rings is 1. The Kier molecular flexibility index (Phi) is 6.84. The number of imidazole rings is 2. The molecule has 5 heterocycles. The Hall–Kier alpha value is -4.10. The van der Waals surface area contributed by atoms with Crippen molar-refractivity contribution < 1.29 is 19.4 Å². The van der Waals surface area contributed by atoms with Gasteiger partial charge in [0.1, 0.15) is 11.9 Å². The van der Waals surface area contributed by atoms with E-state index in [1.54, 1.807) is 21.4 Å². The number of aryl methyl sites for hydroxylation is 2. The number of aliphatic hydroxyl groups is 1. The predicted octanol–water partition coefficient (Wildman–Crippen LogP) is 0.766. The van der Waals surface area contributed by atoms with Crippen molar-refractivity contribution in [1.82, 2.24) is 38.9 Å². The first-order chi connectivity index (χ1) is 19.4. The highest BCUT2D eigenvalue weighted by atomic mass is 16.5. The average molecular weight is 548 g/mol. The second-order valence-electron chi connectivity index (χ2n) is 10.1. The van der Waals surface area contributed by atoms with E-state index in [0.29, 0.717) is 81.8 Å². The highest BCUT2D eigenvalue weighted by Crippen LogP contribution is 2.29. The molecular weight excluding hydrogens is 514 g/mol. The van der Waals surface area contributed by atoms with Crippen LogP contribution in [0, 0.1) is 0 Å². The number of para-hydroxylation sites is 2. The van der Waals surface area contributed by atoms with Gasteiger partial charge in [0, 0.05) is 52.7 Å². The Balaban J connectivity index is 1.43. The Morgan fingerprint density at radius 1 is 0.975 bits per heavy atom. The molecule has 13 nitrogen and oxygen atoms in total. The summed E-state index contributed by atoms with van der Waals surface area (Å²) in [5, 5.41) is 9.64. The average Bonchev–Trinajstić information content (AvgIpc) is 3.54. The molecule has 40 heavy (non-hydrogen) atoms. The number of amides is 2. The van der Waals surface area contributed by atoms with Crippen LogP contribution in [0.2, 0.25) is 0 Å². The molecular formula is C27H33N9O4. The molecule has 3 aromatic heterocycles. The number of nitrogens with zero attached hydrogens (tertiary/aromatic N) is 9. The van der Waals surface area contributed by atoms with Crippen LogP contribution in [-0.4, -0.2) is 114 Å². The standard InChI is InChI=1S/C27H33N9O4/c1-4-20-28-18-7-5-6-8-19(18)36(20)27-30-22-21(23(31-27)33-13-15-40-16-14-33)29-24(32(22)3)26(39)35-11-9-34(10-12-35)25(38)17(2)37/h5-8,17,37H,4,9-16H2,1-3H3/t17-/m1/s1. The molecule has 0 unspecified atom stereocenters. The molecule has 2 fully saturated rings. The van der Waals surface area contributed by atoms with E-state index >= 15 is 0 Å². The number of anilines is 1. The molecule has 2 aliphatic rings. The predicted molar refractivity (Wildman–Crippen MR) is 148 cm³/mol. The number of piperazine rings is 1. The third kappa shape index (κ3) is 4.44. The Morgan fingerprint density at radius 3 is 2.38 bits per heavy atom. The lowest BCUT2D eigenvalue weighted by Gasteiger charge is -2.35. The second kappa shape index (κ2) is 10.5. The van der Waals surface area contributed by atoms with Gasteiger partial charge in [-0.2, -0.15) is 9.97 Å². The van der Waals surface area contributed by atoms with E-state index < -0.39 is 6.10 Å². The van der Waals surface area contributed by atoms with Gasteiger partial charge < -0.3 is 29.1 Å². The van der Waals surface area contributed by atoms with Crippen molar-refractivity contribution >= 4 is 39.8 Å². The number of benzene rings is 1. The lowest BCUT2D eigenvalue weighted by Crippen LogP contribution is -2.52. The SMILES string of the molecule is CCc1nc2ccccc2n1-c1nc(N2CCOCC2)c2nc(C(=O)N3CCN(C(=O)[C@@H](C)O)CC3)n(C)c2n1. The van der Waals surface area contributed by atoms with Crippen molar-refractivity contribution in [2.75, 3.05) is 57.4 Å². The summed E-state index contributed by atoms with van der Waals surface area (Å²) in [6, 6.07) is 7.91. The van der Waals surface area contributed by atoms with Crippen LogP contribution >= 0.6 is 0 Å². The van der Waals surface area contributed by atoms with E-state index in [2.05, 4.69) is 11.8 Å². The van der Waals surface area contributed by atoms with Gasteiger partial charge in [0.2, 0.25) is 11.8 Å². The number of rotatable bonds is 5. The van der Waals surface area contributed by atoms with Crippen molar-refractivity contribution in [1.29, 1.82) is 0 Å². The Labute approximate surface area is 231 Å². The van der Waals surface area contributed by atoms with Gasteiger partial charge in [-0.25, -0.2) is 9.97 Å². The minimum atomic E-state index is -1.06. The van der Waals surface area contributed by atoms with E-state index in [1.807, 2.05) is 28.8 Å². The normalized spacial score (nSPS) is 17.1. The maximum absolute atomic E-state index is 13.7. The molecule has 0 spiro atoms. The van der Waals surface area contributed by atoms with Crippen LogP contribution in [0.3, 0.4) is 0 Å². The third-order valence-electron chi connectivity index (χ3n) is 7.57. The van der Waals surface area contributed by atoms with Crippen LogP contribution in [0.5, 0.6) is 0 Å². The van der Waals surface area contributed by atoms with Crippen molar-refractivity contribution in [3.05, 3.63) is 35.9 Å². The first kappa shape index (κ1) is 26.1. The van der Waals surface area contributed by atoms with Crippen molar-refractivity contribution in [2.24, 2.45) is 7.05 Å². The molecule has 2 saturated heterocycles. The van der Waals surface area contributed by atoms with Crippen LogP contribution < -0.4 is 4.90 Å². The maximum Gasteiger partial charge on any atom is 0.290 e. The Bertz CT molecular complexity index is 1580. The van der Waals surface area contributed by atoms with E-state index in [9.17, 15) is 14.7 Å². The highest BCUT2D eigenvalue weighted by Gasteiger charge is 2.31. The molecule has 0 radical (unpaired) electrons. The molecule has 0 aliphatic carbocycles. The summed E-state index contributed by atoms with van der Waals surface area (Å²) in [6.07, 6.45) is -0.365. The van der Waals surface area contributed by atoms with Gasteiger partial charge in [0.15, 0.2) is 17.0 Å². The molecule has 0 saturated carbocycles. The summed E-state index contributed by atoms with van der Waals surface area (Å²) in [5.74, 6) is 1.68. The molecule has 1 atom stereocenters. The number of carbonyl (C=O) groups excluding carboxylic acids is 2. The molecule has 4 aromatic rings. The summed E-state index contributed by atoms with van der Waals surface area (Å²) in [4.78, 5) is 50.8. The van der Waals surface area contributed by atoms with Crippen molar-refractivity contribution in [3.63, 3.8) is 0 Å². The van der Waals surface area contributed by atoms with Crippen LogP contribution in [0.25, 0.3) is 28.1 Å². The fraction of sp³-hybridized carbons (Fsp3) is 0.481. The number of aliphatic hydroxyl groups excluding tert-OH is 1. The fourth-order valence-corrected chi connectivity index (χ4v) is 5.39. The largest absolute Gasteiger partial charge is 0.384 e. The number of aromatic nitrogens is 6. The van der Waals surface area contributed by atoms with Crippen LogP contribution in [0.15, 0.2) is 24.3 Å². The zero-order valence-corrected chi connectivity index (χ0v) is 22.9. The summed E-state index contributed by atoms with van der Waals surface area (Å²) >= 11 is 0. The van der Waals surface area contributed by atoms with Crippen molar-refractivity contribution in [2.45, 2.75) is 26.4 Å². The second-order valence-corrected chi connectivity index (χ2v) is 10.1. The van der Waals surface area contributed by atoms with E-state index in [-0.39, 0.29) is 17.6 Å². The summed E-state index contributed by atoms with van der Waals surface area (Å²) in [6.45, 7) is 7.37. The molecule has 0 bridgehead atoms. The lowest BCUT2D eigenvalue weighted by molar-refractivity contribution is -0.140. The van der Waals surface area contributed by atoms with Gasteiger partial charge in [0.25, 0.3) is 11.8 Å². The lowest BCUT2D eigenvalue weighted by atomic mass is 10.2. The smallest absolute Gasteiger partial charge is 0.290 e. The minimum Gasteiger partial charge on any atom is -0.384 e. The summed E-state index contributed by atoms with van der Waals surface area (Å²) in [5.41, 5.74) is 2.89. The molecule has 2 aliphatic heterocycles. The van der Waals surface area contributed by atoms with Crippen LogP contribution in [0.1, 0.15) is 30.3 Å². The van der Waals surface area contributed by atoms with Gasteiger partial charge in [-0.3, -0.25) is 14.2 Å². The zero-order chi connectivity index (χ0) is 28.0. The number of hydrogen-bond donors (Lipinski definition) is 1. The van der Waals surface area contributed by atoms with Crippen LogP contribution in [0.4, 0.5) is 5.82 Å². The van der Waals surface area contributed by atoms with Gasteiger partial charge in [-0.1, -0.05) is 19.1 Å². The Morgan fingerprint density at radius 2 is 1.68 bits per heavy atom. The monoisotopic (exact) mass is 547 g/mol. The molecule has 1 aromatic carbocycles. The molecule has 13 heteroatoms. The van der Waals surface area contributed by atoms with Gasteiger partial charge in [-0.15, -0.1) is 0 Å². The first-order valence-corrected chi connectivity index (χ1v) is 13.7. The number of hydrogen-bond acceptors (Lipinski definition) is 9. The number of fused-ring (bicyclic) bond motifs is 2. The number of carbonyl (C=O) groups is 2. The zero-order valence-electron chi connectivity index (χ0n) is 22.9. The van der Waals surface area contributed by atoms with Gasteiger partial charge in [0.05, 0.1) is 24.2 Å². The van der Waals surface area contributed by atoms with Gasteiger partial charge in [-0.05, 0) is 19.1 Å². The van der Waals surface area contributed by atoms with E-state index in [0.717, 1.165) is 16.9 Å². The first-order valence-electron chi connectivity index (χ1n) is 13.7. The summed E-state index contributed by atoms with van der Waals surface area (Å²) in [7, 11) is 1.79. The quantitative estimate of drug-likeness (QED) is 0.384. The molecule has 210 valence electrons. The molecule has 6 rings (SSSR count). The molecule has 1 N–H and O–H groups in total. The van der Waals surface area contributed by atoms with Crippen LogP contribution in [-0.2, 0) is 23.0 Å². The molecule has 2 amide bonds. The topological polar surface area (TPSA) is 135 Å².